The molecule has 0 unspecified atom stereocenters. The first kappa shape index (κ1) is 18.2. The first-order valence-electron chi connectivity index (χ1n) is 9.09. The van der Waals surface area contributed by atoms with Crippen molar-refractivity contribution in [3.05, 3.63) is 95.6 Å². The quantitative estimate of drug-likeness (QED) is 0.719. The summed E-state index contributed by atoms with van der Waals surface area (Å²) in [6.07, 6.45) is 9.21. The number of rotatable bonds is 6. The van der Waals surface area contributed by atoms with Gasteiger partial charge in [-0.2, -0.15) is 0 Å². The van der Waals surface area contributed by atoms with Crippen molar-refractivity contribution in [1.29, 1.82) is 0 Å². The predicted octanol–water partition coefficient (Wildman–Crippen LogP) is 5.71. The lowest BCUT2D eigenvalue weighted by Crippen LogP contribution is -2.24. The Morgan fingerprint density at radius 2 is 1.42 bits per heavy atom. The molecule has 0 heterocycles. The van der Waals surface area contributed by atoms with E-state index < -0.39 is 0 Å². The fraction of sp³-hybridized carbons (Fsp3) is 0.304. The number of hydrogen-bond acceptors (Lipinski definition) is 1. The molecule has 1 nitrogen and oxygen atoms in total. The maximum absolute atomic E-state index is 3.63. The highest BCUT2D eigenvalue weighted by Crippen LogP contribution is 2.23. The van der Waals surface area contributed by atoms with Gasteiger partial charge in [0, 0.05) is 19.0 Å². The molecular formula is C23H29N. The van der Waals surface area contributed by atoms with E-state index >= 15 is 0 Å². The minimum Gasteiger partial charge on any atom is -0.312 e. The zero-order chi connectivity index (χ0) is 17.0. The molecule has 1 aliphatic rings. The molecule has 0 saturated heterocycles. The van der Waals surface area contributed by atoms with Crippen LogP contribution in [-0.4, -0.2) is 13.1 Å². The van der Waals surface area contributed by atoms with E-state index in [0.29, 0.717) is 5.92 Å². The molecule has 1 aliphatic carbocycles. The number of benzene rings is 2. The second-order valence-corrected chi connectivity index (χ2v) is 5.76. The van der Waals surface area contributed by atoms with E-state index in [4.69, 9.17) is 0 Å². The third-order valence-electron chi connectivity index (χ3n) is 4.15. The van der Waals surface area contributed by atoms with Crippen molar-refractivity contribution in [2.75, 3.05) is 13.1 Å². The standard InChI is InChI=1S/C21H23N.C2H6/c1-4-10-18(11-5-1)16-22-17-21(19-12-6-2-7-13-19)20-14-8-3-9-15-20;1-2/h2-4,6-15,21-22H,1,5,16-17H2;1-2H3. The molecule has 0 fully saturated rings. The van der Waals surface area contributed by atoms with Crippen LogP contribution in [0.15, 0.2) is 84.5 Å². The van der Waals surface area contributed by atoms with Crippen molar-refractivity contribution in [2.24, 2.45) is 0 Å². The Morgan fingerprint density at radius 1 is 0.833 bits per heavy atom. The van der Waals surface area contributed by atoms with Crippen LogP contribution in [0.4, 0.5) is 0 Å². The zero-order valence-electron chi connectivity index (χ0n) is 14.9. The van der Waals surface area contributed by atoms with Crippen molar-refractivity contribution < 1.29 is 0 Å². The van der Waals surface area contributed by atoms with Crippen molar-refractivity contribution >= 4 is 0 Å². The van der Waals surface area contributed by atoms with E-state index in [1.165, 1.54) is 29.5 Å². The van der Waals surface area contributed by atoms with Crippen LogP contribution in [0.1, 0.15) is 43.7 Å². The van der Waals surface area contributed by atoms with Gasteiger partial charge in [-0.05, 0) is 29.5 Å². The molecule has 24 heavy (non-hydrogen) atoms. The van der Waals surface area contributed by atoms with Gasteiger partial charge in [-0.25, -0.2) is 0 Å². The average molecular weight is 319 g/mol. The summed E-state index contributed by atoms with van der Waals surface area (Å²) in [5.74, 6) is 0.399. The van der Waals surface area contributed by atoms with Gasteiger partial charge >= 0.3 is 0 Å². The second kappa shape index (κ2) is 10.6. The van der Waals surface area contributed by atoms with E-state index in [1.54, 1.807) is 0 Å². The van der Waals surface area contributed by atoms with Crippen LogP contribution in [0.2, 0.25) is 0 Å². The Bertz CT molecular complexity index is 586. The minimum absolute atomic E-state index is 0.399. The van der Waals surface area contributed by atoms with Gasteiger partial charge in [-0.3, -0.25) is 0 Å². The van der Waals surface area contributed by atoms with Crippen LogP contribution in [-0.2, 0) is 0 Å². The molecule has 0 aliphatic heterocycles. The van der Waals surface area contributed by atoms with E-state index in [-0.39, 0.29) is 0 Å². The Hall–Kier alpha value is -2.12. The van der Waals surface area contributed by atoms with Gasteiger partial charge in [0.2, 0.25) is 0 Å². The third-order valence-corrected chi connectivity index (χ3v) is 4.15. The SMILES string of the molecule is C1=CC(CNCC(c2ccccc2)c2ccccc2)=CCC1.CC. The lowest BCUT2D eigenvalue weighted by Gasteiger charge is -2.19. The first-order valence-corrected chi connectivity index (χ1v) is 9.09. The first-order chi connectivity index (χ1) is 11.9. The van der Waals surface area contributed by atoms with Gasteiger partial charge in [0.1, 0.15) is 0 Å². The molecule has 0 spiro atoms. The van der Waals surface area contributed by atoms with Crippen molar-refractivity contribution in [3.63, 3.8) is 0 Å². The van der Waals surface area contributed by atoms with Crippen molar-refractivity contribution in [2.45, 2.75) is 32.6 Å². The summed E-state index contributed by atoms with van der Waals surface area (Å²) < 4.78 is 0. The van der Waals surface area contributed by atoms with E-state index in [1.807, 2.05) is 13.8 Å². The van der Waals surface area contributed by atoms with Gasteiger partial charge in [0.15, 0.2) is 0 Å². The Morgan fingerprint density at radius 3 is 1.92 bits per heavy atom. The molecular weight excluding hydrogens is 290 g/mol. The van der Waals surface area contributed by atoms with Crippen LogP contribution in [0.25, 0.3) is 0 Å². The lowest BCUT2D eigenvalue weighted by molar-refractivity contribution is 0.668. The molecule has 1 heteroatoms. The van der Waals surface area contributed by atoms with Crippen LogP contribution >= 0.6 is 0 Å². The van der Waals surface area contributed by atoms with Crippen LogP contribution < -0.4 is 5.32 Å². The van der Waals surface area contributed by atoms with Gasteiger partial charge in [0.25, 0.3) is 0 Å². The van der Waals surface area contributed by atoms with E-state index in [0.717, 1.165) is 13.1 Å². The Kier molecular flexibility index (Phi) is 8.06. The molecule has 2 aromatic carbocycles. The van der Waals surface area contributed by atoms with Crippen LogP contribution in [0, 0.1) is 0 Å². The summed E-state index contributed by atoms with van der Waals surface area (Å²) in [4.78, 5) is 0. The van der Waals surface area contributed by atoms with Crippen LogP contribution in [0.3, 0.4) is 0 Å². The molecule has 3 rings (SSSR count). The molecule has 0 bridgehead atoms. The molecule has 126 valence electrons. The highest BCUT2D eigenvalue weighted by atomic mass is 14.9. The largest absolute Gasteiger partial charge is 0.312 e. The summed E-state index contributed by atoms with van der Waals surface area (Å²) in [7, 11) is 0. The average Bonchev–Trinajstić information content (AvgIpc) is 2.69. The van der Waals surface area contributed by atoms with Crippen molar-refractivity contribution in [1.82, 2.24) is 5.32 Å². The van der Waals surface area contributed by atoms with Crippen LogP contribution in [0.5, 0.6) is 0 Å². The monoisotopic (exact) mass is 319 g/mol. The van der Waals surface area contributed by atoms with Gasteiger partial charge in [0.05, 0.1) is 0 Å². The van der Waals surface area contributed by atoms with Crippen molar-refractivity contribution in [3.8, 4) is 0 Å². The third kappa shape index (κ3) is 5.50. The molecule has 0 amide bonds. The van der Waals surface area contributed by atoms with Gasteiger partial charge in [-0.1, -0.05) is 92.7 Å². The predicted molar refractivity (Wildman–Crippen MR) is 105 cm³/mol. The molecule has 0 atom stereocenters. The molecule has 1 N–H and O–H groups in total. The molecule has 0 radical (unpaired) electrons. The fourth-order valence-electron chi connectivity index (χ4n) is 2.96. The summed E-state index contributed by atoms with van der Waals surface area (Å²) in [5.41, 5.74) is 4.15. The Labute approximate surface area is 147 Å². The topological polar surface area (TPSA) is 12.0 Å². The smallest absolute Gasteiger partial charge is 0.0214 e. The molecule has 2 aromatic rings. The fourth-order valence-corrected chi connectivity index (χ4v) is 2.96. The van der Waals surface area contributed by atoms with Gasteiger partial charge < -0.3 is 5.32 Å². The molecule has 0 saturated carbocycles. The summed E-state index contributed by atoms with van der Waals surface area (Å²) >= 11 is 0. The maximum atomic E-state index is 3.63. The minimum atomic E-state index is 0.399. The molecule has 0 aromatic heterocycles. The summed E-state index contributed by atoms with van der Waals surface area (Å²) in [6, 6.07) is 21.5. The zero-order valence-corrected chi connectivity index (χ0v) is 14.9. The van der Waals surface area contributed by atoms with E-state index in [2.05, 4.69) is 84.2 Å². The lowest BCUT2D eigenvalue weighted by atomic mass is 9.91. The highest BCUT2D eigenvalue weighted by molar-refractivity contribution is 5.33. The summed E-state index contributed by atoms with van der Waals surface area (Å²) in [6.45, 7) is 5.91. The summed E-state index contributed by atoms with van der Waals surface area (Å²) in [5, 5.41) is 3.63. The normalized spacial score (nSPS) is 13.2. The highest BCUT2D eigenvalue weighted by Gasteiger charge is 2.13. The van der Waals surface area contributed by atoms with Gasteiger partial charge in [-0.15, -0.1) is 0 Å². The maximum Gasteiger partial charge on any atom is 0.0214 e. The second-order valence-electron chi connectivity index (χ2n) is 5.76. The Balaban J connectivity index is 0.00000100. The number of nitrogens with one attached hydrogen (secondary N) is 1. The number of hydrogen-bond donors (Lipinski definition) is 1. The van der Waals surface area contributed by atoms with E-state index in [9.17, 15) is 0 Å². The number of allylic oxidation sites excluding steroid dienone is 2.